The highest BCUT2D eigenvalue weighted by Crippen LogP contribution is 2.13. The molecule has 72 valence electrons. The Morgan fingerprint density at radius 1 is 1.50 bits per heavy atom. The SMILES string of the molecule is NC(=O)C#Cc1ccc(N)c(CO)c1. The third-order valence-corrected chi connectivity index (χ3v) is 1.64. The summed E-state index contributed by atoms with van der Waals surface area (Å²) in [4.78, 5) is 10.4. The van der Waals surface area contributed by atoms with E-state index in [1.807, 2.05) is 0 Å². The smallest absolute Gasteiger partial charge is 0.293 e. The minimum absolute atomic E-state index is 0.155. The van der Waals surface area contributed by atoms with E-state index in [2.05, 4.69) is 11.8 Å². The van der Waals surface area contributed by atoms with Crippen molar-refractivity contribution in [3.05, 3.63) is 29.3 Å². The van der Waals surface area contributed by atoms with Crippen LogP contribution >= 0.6 is 0 Å². The van der Waals surface area contributed by atoms with Crippen molar-refractivity contribution in [1.29, 1.82) is 0 Å². The van der Waals surface area contributed by atoms with Crippen LogP contribution in [0.4, 0.5) is 5.69 Å². The molecule has 1 rings (SSSR count). The number of carbonyl (C=O) groups is 1. The molecule has 0 fully saturated rings. The van der Waals surface area contributed by atoms with Gasteiger partial charge in [-0.15, -0.1) is 0 Å². The number of benzene rings is 1. The van der Waals surface area contributed by atoms with E-state index < -0.39 is 5.91 Å². The third kappa shape index (κ3) is 2.51. The molecule has 0 atom stereocenters. The van der Waals surface area contributed by atoms with E-state index in [1.54, 1.807) is 18.2 Å². The molecule has 0 aliphatic heterocycles. The topological polar surface area (TPSA) is 89.3 Å². The molecule has 0 aliphatic rings. The van der Waals surface area contributed by atoms with Gasteiger partial charge in [0.25, 0.3) is 5.91 Å². The highest BCUT2D eigenvalue weighted by Gasteiger charge is 1.97. The minimum atomic E-state index is -0.688. The molecular formula is C10H10N2O2. The van der Waals surface area contributed by atoms with Gasteiger partial charge >= 0.3 is 0 Å². The van der Waals surface area contributed by atoms with Gasteiger partial charge < -0.3 is 16.6 Å². The van der Waals surface area contributed by atoms with Gasteiger partial charge in [0.05, 0.1) is 6.61 Å². The molecule has 14 heavy (non-hydrogen) atoms. The van der Waals surface area contributed by atoms with Gasteiger partial charge in [0.2, 0.25) is 0 Å². The van der Waals surface area contributed by atoms with Crippen LogP contribution in [0, 0.1) is 11.8 Å². The number of nitrogen functional groups attached to an aromatic ring is 1. The molecule has 1 amide bonds. The van der Waals surface area contributed by atoms with Gasteiger partial charge in [0.15, 0.2) is 0 Å². The highest BCUT2D eigenvalue weighted by molar-refractivity contribution is 5.92. The average Bonchev–Trinajstić information content (AvgIpc) is 2.16. The Morgan fingerprint density at radius 2 is 2.21 bits per heavy atom. The lowest BCUT2D eigenvalue weighted by atomic mass is 10.1. The number of carbonyl (C=O) groups excluding carboxylic acids is 1. The first-order chi connectivity index (χ1) is 6.63. The van der Waals surface area contributed by atoms with Gasteiger partial charge in [-0.3, -0.25) is 4.79 Å². The molecule has 4 heteroatoms. The predicted molar refractivity (Wildman–Crippen MR) is 52.8 cm³/mol. The molecule has 0 aromatic heterocycles. The van der Waals surface area contributed by atoms with Crippen molar-refractivity contribution in [1.82, 2.24) is 0 Å². The van der Waals surface area contributed by atoms with E-state index in [0.717, 1.165) is 0 Å². The first-order valence-electron chi connectivity index (χ1n) is 3.94. The monoisotopic (exact) mass is 190 g/mol. The number of nitrogens with two attached hydrogens (primary N) is 2. The summed E-state index contributed by atoms with van der Waals surface area (Å²) >= 11 is 0. The number of anilines is 1. The zero-order valence-electron chi connectivity index (χ0n) is 7.45. The Kier molecular flexibility index (Phi) is 3.10. The Labute approximate surface area is 81.5 Å². The number of aliphatic hydroxyl groups excluding tert-OH is 1. The first-order valence-corrected chi connectivity index (χ1v) is 3.94. The van der Waals surface area contributed by atoms with Crippen LogP contribution in [-0.4, -0.2) is 11.0 Å². The second-order valence-electron chi connectivity index (χ2n) is 2.69. The molecule has 1 aromatic rings. The number of aliphatic hydroxyl groups is 1. The minimum Gasteiger partial charge on any atom is -0.398 e. The molecule has 1 aromatic carbocycles. The maximum absolute atomic E-state index is 10.4. The van der Waals surface area contributed by atoms with Gasteiger partial charge in [0.1, 0.15) is 0 Å². The molecule has 0 unspecified atom stereocenters. The van der Waals surface area contributed by atoms with Crippen molar-refractivity contribution >= 4 is 11.6 Å². The maximum atomic E-state index is 10.4. The quantitative estimate of drug-likeness (QED) is 0.415. The lowest BCUT2D eigenvalue weighted by Crippen LogP contribution is -2.06. The normalized spacial score (nSPS) is 8.93. The van der Waals surface area contributed by atoms with Crippen LogP contribution < -0.4 is 11.5 Å². The van der Waals surface area contributed by atoms with E-state index in [4.69, 9.17) is 16.6 Å². The van der Waals surface area contributed by atoms with Gasteiger partial charge in [-0.25, -0.2) is 0 Å². The average molecular weight is 190 g/mol. The van der Waals surface area contributed by atoms with Gasteiger partial charge in [-0.05, 0) is 24.1 Å². The molecule has 0 radical (unpaired) electrons. The summed E-state index contributed by atoms with van der Waals surface area (Å²) in [5.74, 6) is 4.07. The molecular weight excluding hydrogens is 180 g/mol. The summed E-state index contributed by atoms with van der Waals surface area (Å²) in [5, 5.41) is 8.90. The van der Waals surface area contributed by atoms with Gasteiger partial charge in [-0.1, -0.05) is 5.92 Å². The fourth-order valence-corrected chi connectivity index (χ4v) is 0.954. The largest absolute Gasteiger partial charge is 0.398 e. The van der Waals surface area contributed by atoms with Crippen LogP contribution in [0.3, 0.4) is 0 Å². The molecule has 0 bridgehead atoms. The summed E-state index contributed by atoms with van der Waals surface area (Å²) in [7, 11) is 0. The van der Waals surface area contributed by atoms with Crippen molar-refractivity contribution in [2.75, 3.05) is 5.73 Å². The number of hydrogen-bond donors (Lipinski definition) is 3. The van der Waals surface area contributed by atoms with E-state index in [-0.39, 0.29) is 6.61 Å². The number of primary amides is 1. The van der Waals surface area contributed by atoms with Crippen LogP contribution in [0.15, 0.2) is 18.2 Å². The van der Waals surface area contributed by atoms with Crippen LogP contribution in [0.2, 0.25) is 0 Å². The lowest BCUT2D eigenvalue weighted by Gasteiger charge is -2.01. The number of amides is 1. The summed E-state index contributed by atoms with van der Waals surface area (Å²) in [6.07, 6.45) is 0. The van der Waals surface area contributed by atoms with Gasteiger partial charge in [-0.2, -0.15) is 0 Å². The standard InChI is InChI=1S/C10H10N2O2/c11-9-3-1-7(2-4-10(12)14)5-8(9)6-13/h1,3,5,13H,6,11H2,(H2,12,14). The lowest BCUT2D eigenvalue weighted by molar-refractivity contribution is -0.112. The summed E-state index contributed by atoms with van der Waals surface area (Å²) in [6.45, 7) is -0.155. The van der Waals surface area contributed by atoms with Crippen molar-refractivity contribution < 1.29 is 9.90 Å². The van der Waals surface area contributed by atoms with Crippen molar-refractivity contribution in [2.24, 2.45) is 5.73 Å². The first kappa shape index (κ1) is 10.1. The second kappa shape index (κ2) is 4.30. The Balaban J connectivity index is 3.03. The molecule has 0 spiro atoms. The number of hydrogen-bond acceptors (Lipinski definition) is 3. The summed E-state index contributed by atoms with van der Waals surface area (Å²) in [6, 6.07) is 4.90. The highest BCUT2D eigenvalue weighted by atomic mass is 16.3. The second-order valence-corrected chi connectivity index (χ2v) is 2.69. The summed E-state index contributed by atoms with van der Waals surface area (Å²) in [5.41, 5.74) is 12.1. The third-order valence-electron chi connectivity index (χ3n) is 1.64. The molecule has 0 heterocycles. The number of rotatable bonds is 1. The Morgan fingerprint density at radius 3 is 2.79 bits per heavy atom. The van der Waals surface area contributed by atoms with Crippen LogP contribution in [0.1, 0.15) is 11.1 Å². The van der Waals surface area contributed by atoms with Crippen LogP contribution in [0.5, 0.6) is 0 Å². The van der Waals surface area contributed by atoms with Crippen molar-refractivity contribution in [3.8, 4) is 11.8 Å². The fourth-order valence-electron chi connectivity index (χ4n) is 0.954. The van der Waals surface area contributed by atoms with E-state index in [1.165, 1.54) is 0 Å². The van der Waals surface area contributed by atoms with Gasteiger partial charge in [0, 0.05) is 16.8 Å². The Hall–Kier alpha value is -1.99. The zero-order valence-corrected chi connectivity index (χ0v) is 7.45. The van der Waals surface area contributed by atoms with Crippen molar-refractivity contribution in [3.63, 3.8) is 0 Å². The molecule has 0 aliphatic carbocycles. The zero-order chi connectivity index (χ0) is 10.6. The maximum Gasteiger partial charge on any atom is 0.293 e. The molecule has 4 nitrogen and oxygen atoms in total. The molecule has 0 saturated heterocycles. The fraction of sp³-hybridized carbons (Fsp3) is 0.100. The van der Waals surface area contributed by atoms with E-state index in [0.29, 0.717) is 16.8 Å². The molecule has 0 saturated carbocycles. The Bertz CT molecular complexity index is 416. The van der Waals surface area contributed by atoms with Crippen LogP contribution in [-0.2, 0) is 11.4 Å². The van der Waals surface area contributed by atoms with E-state index >= 15 is 0 Å². The van der Waals surface area contributed by atoms with Crippen LogP contribution in [0.25, 0.3) is 0 Å². The van der Waals surface area contributed by atoms with E-state index in [9.17, 15) is 4.79 Å². The predicted octanol–water partition coefficient (Wildman–Crippen LogP) is -0.402. The molecule has 5 N–H and O–H groups in total. The van der Waals surface area contributed by atoms with Crippen molar-refractivity contribution in [2.45, 2.75) is 6.61 Å². The summed E-state index contributed by atoms with van der Waals surface area (Å²) < 4.78 is 0.